The van der Waals surface area contributed by atoms with Gasteiger partial charge in [0.2, 0.25) is 11.8 Å². The van der Waals surface area contributed by atoms with Crippen molar-refractivity contribution in [2.24, 2.45) is 0 Å². The van der Waals surface area contributed by atoms with Crippen LogP contribution < -0.4 is 5.32 Å². The van der Waals surface area contributed by atoms with Crippen LogP contribution in [-0.2, 0) is 9.59 Å². The van der Waals surface area contributed by atoms with E-state index in [1.807, 2.05) is 13.8 Å². The molecule has 1 N–H and O–H groups in total. The number of hydrogen-bond acceptors (Lipinski definition) is 3. The van der Waals surface area contributed by atoms with Crippen LogP contribution in [0.3, 0.4) is 0 Å². The molecule has 5 nitrogen and oxygen atoms in total. The number of rotatable bonds is 7. The van der Waals surface area contributed by atoms with Crippen molar-refractivity contribution in [1.82, 2.24) is 4.90 Å². The van der Waals surface area contributed by atoms with Crippen LogP contribution in [-0.4, -0.2) is 35.1 Å². The van der Waals surface area contributed by atoms with Gasteiger partial charge in [0, 0.05) is 37.2 Å². The van der Waals surface area contributed by atoms with Crippen LogP contribution in [0.25, 0.3) is 0 Å². The van der Waals surface area contributed by atoms with E-state index < -0.39 is 0 Å². The van der Waals surface area contributed by atoms with Gasteiger partial charge in [0.05, 0.1) is 0 Å². The summed E-state index contributed by atoms with van der Waals surface area (Å²) in [7, 11) is 0. The van der Waals surface area contributed by atoms with Crippen molar-refractivity contribution < 1.29 is 14.4 Å². The standard InChI is InChI=1S/C17H24N2O3/c1-5-12(2)19(14(4)21)11-10-17(22)18-16-8-6-15(7-9-16)13(3)20/h6-9,12H,5,10-11H2,1-4H3,(H,18,22). The first-order chi connectivity index (χ1) is 10.3. The number of nitrogens with one attached hydrogen (secondary N) is 1. The molecule has 1 rings (SSSR count). The summed E-state index contributed by atoms with van der Waals surface area (Å²) in [5.74, 6) is -0.179. The summed E-state index contributed by atoms with van der Waals surface area (Å²) in [6.45, 7) is 7.40. The second-order valence-corrected chi connectivity index (χ2v) is 5.40. The van der Waals surface area contributed by atoms with Crippen molar-refractivity contribution in [2.75, 3.05) is 11.9 Å². The molecule has 1 atom stereocenters. The first-order valence-corrected chi connectivity index (χ1v) is 7.53. The van der Waals surface area contributed by atoms with E-state index in [0.717, 1.165) is 6.42 Å². The van der Waals surface area contributed by atoms with Crippen LogP contribution in [0.2, 0.25) is 0 Å². The number of hydrogen-bond donors (Lipinski definition) is 1. The Morgan fingerprint density at radius 3 is 2.18 bits per heavy atom. The molecule has 1 aromatic rings. The maximum absolute atomic E-state index is 12.0. The predicted molar refractivity (Wildman–Crippen MR) is 86.8 cm³/mol. The number of carbonyl (C=O) groups is 3. The lowest BCUT2D eigenvalue weighted by Crippen LogP contribution is -2.38. The van der Waals surface area contributed by atoms with Gasteiger partial charge in [-0.1, -0.05) is 6.92 Å². The van der Waals surface area contributed by atoms with Crippen LogP contribution in [0.4, 0.5) is 5.69 Å². The van der Waals surface area contributed by atoms with Gasteiger partial charge in [0.15, 0.2) is 5.78 Å². The lowest BCUT2D eigenvalue weighted by Gasteiger charge is -2.27. The quantitative estimate of drug-likeness (QED) is 0.788. The zero-order valence-corrected chi connectivity index (χ0v) is 13.7. The third-order valence-electron chi connectivity index (χ3n) is 3.68. The van der Waals surface area contributed by atoms with E-state index in [1.54, 1.807) is 29.2 Å². The van der Waals surface area contributed by atoms with Gasteiger partial charge in [-0.25, -0.2) is 0 Å². The Balaban J connectivity index is 2.55. The molecule has 22 heavy (non-hydrogen) atoms. The summed E-state index contributed by atoms with van der Waals surface area (Å²) in [5, 5.41) is 2.77. The van der Waals surface area contributed by atoms with Crippen LogP contribution >= 0.6 is 0 Å². The fourth-order valence-electron chi connectivity index (χ4n) is 2.14. The predicted octanol–water partition coefficient (Wildman–Crippen LogP) is 2.86. The zero-order chi connectivity index (χ0) is 16.7. The van der Waals surface area contributed by atoms with E-state index in [0.29, 0.717) is 17.8 Å². The molecule has 0 aromatic heterocycles. The number of amides is 2. The fourth-order valence-corrected chi connectivity index (χ4v) is 2.14. The average Bonchev–Trinajstić information content (AvgIpc) is 2.47. The normalized spacial score (nSPS) is 11.6. The molecule has 0 fully saturated rings. The Bertz CT molecular complexity index is 537. The summed E-state index contributed by atoms with van der Waals surface area (Å²) in [4.78, 5) is 36.4. The van der Waals surface area contributed by atoms with E-state index in [4.69, 9.17) is 0 Å². The summed E-state index contributed by atoms with van der Waals surface area (Å²) in [6, 6.07) is 6.89. The number of nitrogens with zero attached hydrogens (tertiary/aromatic N) is 1. The molecule has 5 heteroatoms. The maximum atomic E-state index is 12.0. The van der Waals surface area contributed by atoms with Gasteiger partial charge < -0.3 is 10.2 Å². The zero-order valence-electron chi connectivity index (χ0n) is 13.7. The SMILES string of the molecule is CCC(C)N(CCC(=O)Nc1ccc(C(C)=O)cc1)C(C)=O. The smallest absolute Gasteiger partial charge is 0.226 e. The van der Waals surface area contributed by atoms with Gasteiger partial charge in [-0.3, -0.25) is 14.4 Å². The van der Waals surface area contributed by atoms with Crippen LogP contribution in [0.5, 0.6) is 0 Å². The van der Waals surface area contributed by atoms with Crippen LogP contribution in [0, 0.1) is 0 Å². The second-order valence-electron chi connectivity index (χ2n) is 5.40. The lowest BCUT2D eigenvalue weighted by atomic mass is 10.1. The largest absolute Gasteiger partial charge is 0.340 e. The molecule has 0 saturated heterocycles. The molecular weight excluding hydrogens is 280 g/mol. The molecule has 0 spiro atoms. The summed E-state index contributed by atoms with van der Waals surface area (Å²) in [5.41, 5.74) is 1.26. The van der Waals surface area contributed by atoms with Gasteiger partial charge in [-0.15, -0.1) is 0 Å². The summed E-state index contributed by atoms with van der Waals surface area (Å²) in [6.07, 6.45) is 1.10. The van der Waals surface area contributed by atoms with E-state index in [1.165, 1.54) is 13.8 Å². The molecule has 0 saturated carbocycles. The molecule has 0 heterocycles. The van der Waals surface area contributed by atoms with Crippen molar-refractivity contribution in [2.45, 2.75) is 46.6 Å². The van der Waals surface area contributed by atoms with Crippen molar-refractivity contribution >= 4 is 23.3 Å². The molecular formula is C17H24N2O3. The Morgan fingerprint density at radius 2 is 1.73 bits per heavy atom. The molecule has 0 aliphatic heterocycles. The van der Waals surface area contributed by atoms with Gasteiger partial charge in [0.25, 0.3) is 0 Å². The highest BCUT2D eigenvalue weighted by Crippen LogP contribution is 2.11. The van der Waals surface area contributed by atoms with E-state index in [2.05, 4.69) is 5.32 Å². The topological polar surface area (TPSA) is 66.5 Å². The monoisotopic (exact) mass is 304 g/mol. The first-order valence-electron chi connectivity index (χ1n) is 7.53. The van der Waals surface area contributed by atoms with Gasteiger partial charge in [0.1, 0.15) is 0 Å². The summed E-state index contributed by atoms with van der Waals surface area (Å²) < 4.78 is 0. The minimum atomic E-state index is -0.148. The molecule has 1 aromatic carbocycles. The Morgan fingerprint density at radius 1 is 1.14 bits per heavy atom. The number of carbonyl (C=O) groups excluding carboxylic acids is 3. The molecule has 0 bridgehead atoms. The minimum Gasteiger partial charge on any atom is -0.340 e. The molecule has 1 unspecified atom stereocenters. The van der Waals surface area contributed by atoms with Gasteiger partial charge in [-0.05, 0) is 44.5 Å². The van der Waals surface area contributed by atoms with Gasteiger partial charge >= 0.3 is 0 Å². The highest BCUT2D eigenvalue weighted by molar-refractivity contribution is 5.95. The summed E-state index contributed by atoms with van der Waals surface area (Å²) >= 11 is 0. The van der Waals surface area contributed by atoms with Crippen LogP contribution in [0.15, 0.2) is 24.3 Å². The number of anilines is 1. The van der Waals surface area contributed by atoms with Crippen molar-refractivity contribution in [1.29, 1.82) is 0 Å². The highest BCUT2D eigenvalue weighted by Gasteiger charge is 2.16. The molecule has 0 aliphatic carbocycles. The second kappa shape index (κ2) is 8.32. The maximum Gasteiger partial charge on any atom is 0.226 e. The fraction of sp³-hybridized carbons (Fsp3) is 0.471. The average molecular weight is 304 g/mol. The van der Waals surface area contributed by atoms with Crippen molar-refractivity contribution in [3.8, 4) is 0 Å². The lowest BCUT2D eigenvalue weighted by molar-refractivity contribution is -0.131. The number of Topliss-reactive ketones (excluding diaryl/α,β-unsaturated/α-hetero) is 1. The minimum absolute atomic E-state index is 0.0106. The molecule has 0 aliphatic rings. The van der Waals surface area contributed by atoms with Crippen LogP contribution in [0.1, 0.15) is 50.9 Å². The Kier molecular flexibility index (Phi) is 6.76. The molecule has 0 radical (unpaired) electrons. The Hall–Kier alpha value is -2.17. The van der Waals surface area contributed by atoms with E-state index in [9.17, 15) is 14.4 Å². The van der Waals surface area contributed by atoms with E-state index >= 15 is 0 Å². The molecule has 2 amide bonds. The highest BCUT2D eigenvalue weighted by atomic mass is 16.2. The van der Waals surface area contributed by atoms with Crippen molar-refractivity contribution in [3.63, 3.8) is 0 Å². The third kappa shape index (κ3) is 5.31. The number of benzene rings is 1. The van der Waals surface area contributed by atoms with Crippen molar-refractivity contribution in [3.05, 3.63) is 29.8 Å². The first kappa shape index (κ1) is 17.9. The number of ketones is 1. The third-order valence-corrected chi connectivity index (χ3v) is 3.68. The Labute approximate surface area is 131 Å². The molecule has 120 valence electrons. The van der Waals surface area contributed by atoms with Gasteiger partial charge in [-0.2, -0.15) is 0 Å². The van der Waals surface area contributed by atoms with E-state index in [-0.39, 0.29) is 30.1 Å².